The van der Waals surface area contributed by atoms with Crippen molar-refractivity contribution in [2.24, 2.45) is 0 Å². The second-order valence-corrected chi connectivity index (χ2v) is 8.59. The summed E-state index contributed by atoms with van der Waals surface area (Å²) in [5.41, 5.74) is 0.623. The fourth-order valence-corrected chi connectivity index (χ4v) is 3.98. The summed E-state index contributed by atoms with van der Waals surface area (Å²) in [7, 11) is 0. The Morgan fingerprint density at radius 2 is 1.81 bits per heavy atom. The number of rotatable bonds is 3. The molecule has 0 unspecified atom stereocenters. The summed E-state index contributed by atoms with van der Waals surface area (Å²) < 4.78 is 11.6. The first kappa shape index (κ1) is 19.5. The number of hydrogen-bond acceptors (Lipinski definition) is 6. The van der Waals surface area contributed by atoms with Crippen LogP contribution < -0.4 is 4.90 Å². The van der Waals surface area contributed by atoms with Gasteiger partial charge in [-0.2, -0.15) is 0 Å². The molecule has 2 heterocycles. The summed E-state index contributed by atoms with van der Waals surface area (Å²) in [5, 5.41) is 1.04. The molecule has 0 atom stereocenters. The van der Waals surface area contributed by atoms with Crippen molar-refractivity contribution in [1.82, 2.24) is 4.90 Å². The molecule has 1 aliphatic heterocycles. The molecule has 1 aromatic heterocycles. The lowest BCUT2D eigenvalue weighted by Gasteiger charge is -2.36. The van der Waals surface area contributed by atoms with Gasteiger partial charge in [0.15, 0.2) is 0 Å². The maximum absolute atomic E-state index is 12.2. The van der Waals surface area contributed by atoms with E-state index in [1.165, 1.54) is 11.3 Å². The van der Waals surface area contributed by atoms with Crippen LogP contribution in [0, 0.1) is 0 Å². The van der Waals surface area contributed by atoms with E-state index in [-0.39, 0.29) is 12.1 Å². The molecule has 3 rings (SSSR count). The van der Waals surface area contributed by atoms with Crippen LogP contribution >= 0.6 is 11.3 Å². The molecule has 1 fully saturated rings. The standard InChI is InChI=1S/C20H26N2O4S/c1-5-25-18(23)17-12-14-6-7-15(13-16(14)27-17)21-8-10-22(11-9-21)19(24)26-20(2,3)4/h6-7,12-13H,5,8-11H2,1-4H3. The monoisotopic (exact) mass is 390 g/mol. The number of piperazine rings is 1. The number of amides is 1. The molecule has 0 bridgehead atoms. The van der Waals surface area contributed by atoms with Crippen molar-refractivity contribution in [2.45, 2.75) is 33.3 Å². The van der Waals surface area contributed by atoms with Crippen molar-refractivity contribution >= 4 is 39.2 Å². The molecule has 0 aliphatic carbocycles. The molecule has 0 spiro atoms. The third-order valence-electron chi connectivity index (χ3n) is 4.28. The van der Waals surface area contributed by atoms with Gasteiger partial charge in [-0.25, -0.2) is 9.59 Å². The molecule has 27 heavy (non-hydrogen) atoms. The van der Waals surface area contributed by atoms with Crippen LogP contribution in [0.4, 0.5) is 10.5 Å². The second kappa shape index (κ2) is 7.76. The van der Waals surface area contributed by atoms with E-state index in [1.54, 1.807) is 11.8 Å². The summed E-state index contributed by atoms with van der Waals surface area (Å²) in [4.78, 5) is 28.8. The maximum Gasteiger partial charge on any atom is 0.410 e. The molecule has 146 valence electrons. The molecule has 1 amide bonds. The summed E-state index contributed by atoms with van der Waals surface area (Å²) in [6.07, 6.45) is -0.255. The Hall–Kier alpha value is -2.28. The van der Waals surface area contributed by atoms with Crippen molar-refractivity contribution in [3.05, 3.63) is 29.1 Å². The van der Waals surface area contributed by atoms with Crippen molar-refractivity contribution in [1.29, 1.82) is 0 Å². The highest BCUT2D eigenvalue weighted by molar-refractivity contribution is 7.20. The van der Waals surface area contributed by atoms with Crippen molar-refractivity contribution in [2.75, 3.05) is 37.7 Å². The molecule has 7 heteroatoms. The minimum atomic E-state index is -0.477. The Morgan fingerprint density at radius 1 is 1.11 bits per heavy atom. The minimum absolute atomic E-state index is 0.255. The van der Waals surface area contributed by atoms with Crippen molar-refractivity contribution < 1.29 is 19.1 Å². The van der Waals surface area contributed by atoms with Gasteiger partial charge in [0.2, 0.25) is 0 Å². The van der Waals surface area contributed by atoms with E-state index in [1.807, 2.05) is 32.9 Å². The SMILES string of the molecule is CCOC(=O)c1cc2ccc(N3CCN(C(=O)OC(C)(C)C)CC3)cc2s1. The van der Waals surface area contributed by atoms with Crippen LogP contribution in [0.15, 0.2) is 24.3 Å². The van der Waals surface area contributed by atoms with Crippen LogP contribution in [0.5, 0.6) is 0 Å². The van der Waals surface area contributed by atoms with E-state index in [0.717, 1.165) is 28.9 Å². The number of anilines is 1. The van der Waals surface area contributed by atoms with Gasteiger partial charge in [0.1, 0.15) is 10.5 Å². The highest BCUT2D eigenvalue weighted by Gasteiger charge is 2.26. The van der Waals surface area contributed by atoms with Crippen LogP contribution in [0.25, 0.3) is 10.1 Å². The molecular weight excluding hydrogens is 364 g/mol. The first-order chi connectivity index (χ1) is 12.8. The third kappa shape index (κ3) is 4.71. The topological polar surface area (TPSA) is 59.1 Å². The Kier molecular flexibility index (Phi) is 5.60. The fourth-order valence-electron chi connectivity index (χ4n) is 2.99. The Morgan fingerprint density at radius 3 is 2.44 bits per heavy atom. The normalized spacial score (nSPS) is 15.1. The van der Waals surface area contributed by atoms with Gasteiger partial charge < -0.3 is 19.3 Å². The predicted molar refractivity (Wildman–Crippen MR) is 108 cm³/mol. The first-order valence-electron chi connectivity index (χ1n) is 9.20. The third-order valence-corrected chi connectivity index (χ3v) is 5.35. The first-order valence-corrected chi connectivity index (χ1v) is 10.0. The van der Waals surface area contributed by atoms with Crippen molar-refractivity contribution in [3.8, 4) is 0 Å². The molecule has 2 aromatic rings. The zero-order valence-electron chi connectivity index (χ0n) is 16.3. The lowest BCUT2D eigenvalue weighted by Crippen LogP contribution is -2.50. The number of fused-ring (bicyclic) bond motifs is 1. The molecule has 0 saturated carbocycles. The number of carbonyl (C=O) groups is 2. The van der Waals surface area contributed by atoms with E-state index < -0.39 is 5.60 Å². The largest absolute Gasteiger partial charge is 0.462 e. The number of ether oxygens (including phenoxy) is 2. The van der Waals surface area contributed by atoms with Gasteiger partial charge in [0.05, 0.1) is 6.61 Å². The average molecular weight is 391 g/mol. The van der Waals surface area contributed by atoms with Crippen LogP contribution in [0.3, 0.4) is 0 Å². The smallest absolute Gasteiger partial charge is 0.410 e. The van der Waals surface area contributed by atoms with Crippen LogP contribution in [-0.2, 0) is 9.47 Å². The fraction of sp³-hybridized carbons (Fsp3) is 0.500. The molecule has 6 nitrogen and oxygen atoms in total. The van der Waals surface area contributed by atoms with E-state index in [2.05, 4.69) is 17.0 Å². The van der Waals surface area contributed by atoms with E-state index in [4.69, 9.17) is 9.47 Å². The minimum Gasteiger partial charge on any atom is -0.462 e. The quantitative estimate of drug-likeness (QED) is 0.738. The lowest BCUT2D eigenvalue weighted by molar-refractivity contribution is 0.0240. The maximum atomic E-state index is 12.2. The van der Waals surface area contributed by atoms with Crippen molar-refractivity contribution in [3.63, 3.8) is 0 Å². The molecular formula is C20H26N2O4S. The van der Waals surface area contributed by atoms with Crippen LogP contribution in [0.1, 0.15) is 37.4 Å². The molecule has 1 aliphatic rings. The Bertz CT molecular complexity index is 832. The van der Waals surface area contributed by atoms with Gasteiger partial charge in [-0.15, -0.1) is 11.3 Å². The van der Waals surface area contributed by atoms with Gasteiger partial charge in [0.25, 0.3) is 0 Å². The number of benzene rings is 1. The van der Waals surface area contributed by atoms with Gasteiger partial charge in [0, 0.05) is 36.6 Å². The van der Waals surface area contributed by atoms with Crippen LogP contribution in [-0.4, -0.2) is 55.3 Å². The number of thiophene rings is 1. The van der Waals surface area contributed by atoms with Gasteiger partial charge in [-0.1, -0.05) is 6.07 Å². The highest BCUT2D eigenvalue weighted by atomic mass is 32.1. The number of hydrogen-bond donors (Lipinski definition) is 0. The second-order valence-electron chi connectivity index (χ2n) is 7.51. The summed E-state index contributed by atoms with van der Waals surface area (Å²) in [5.74, 6) is -0.272. The number of nitrogens with zero attached hydrogens (tertiary/aromatic N) is 2. The zero-order valence-corrected chi connectivity index (χ0v) is 17.1. The predicted octanol–water partition coefficient (Wildman–Crippen LogP) is 4.14. The number of esters is 1. The average Bonchev–Trinajstić information content (AvgIpc) is 3.04. The van der Waals surface area contributed by atoms with E-state index in [0.29, 0.717) is 24.6 Å². The molecule has 0 N–H and O–H groups in total. The zero-order chi connectivity index (χ0) is 19.6. The Labute approximate surface area is 163 Å². The lowest BCUT2D eigenvalue weighted by atomic mass is 10.2. The molecule has 1 aromatic carbocycles. The molecule has 1 saturated heterocycles. The van der Waals surface area contributed by atoms with Gasteiger partial charge in [-0.3, -0.25) is 0 Å². The van der Waals surface area contributed by atoms with E-state index >= 15 is 0 Å². The number of carbonyl (C=O) groups excluding carboxylic acids is 2. The summed E-state index contributed by atoms with van der Waals surface area (Å²) in [6, 6.07) is 8.07. The van der Waals surface area contributed by atoms with Gasteiger partial charge >= 0.3 is 12.1 Å². The van der Waals surface area contributed by atoms with Gasteiger partial charge in [-0.05, 0) is 51.3 Å². The highest BCUT2D eigenvalue weighted by Crippen LogP contribution is 2.30. The molecule has 0 radical (unpaired) electrons. The summed E-state index contributed by atoms with van der Waals surface area (Å²) in [6.45, 7) is 10.6. The van der Waals surface area contributed by atoms with Crippen LogP contribution in [0.2, 0.25) is 0 Å². The summed E-state index contributed by atoms with van der Waals surface area (Å²) >= 11 is 1.45. The van der Waals surface area contributed by atoms with E-state index in [9.17, 15) is 9.59 Å². The Balaban J connectivity index is 1.66.